The molecular weight excluding hydrogens is 361 g/mol. The zero-order valence-electron chi connectivity index (χ0n) is 13.7. The first-order chi connectivity index (χ1) is 11.2. The number of nitriles is 1. The molecule has 2 N–H and O–H groups in total. The third-order valence-electron chi connectivity index (χ3n) is 3.39. The van der Waals surface area contributed by atoms with Crippen LogP contribution >= 0.6 is 0 Å². The molecule has 0 aliphatic rings. The minimum Gasteiger partial charge on any atom is -0.379 e. The minimum atomic E-state index is -4.81. The van der Waals surface area contributed by atoms with Crippen LogP contribution in [0.2, 0.25) is 0 Å². The topological polar surface area (TPSA) is 107 Å². The highest BCUT2D eigenvalue weighted by Crippen LogP contribution is 2.33. The average Bonchev–Trinajstić information content (AvgIpc) is 2.45. The number of nitrogens with zero attached hydrogens (tertiary/aromatic N) is 1. The minimum absolute atomic E-state index is 0.321. The standard InChI is InChI=1S/C15H17F3N2O4S/c1-9(2)25(23,24)8-14(3,22)13(21)20-11-5-4-10(7-19)12(6-11)15(16,17)18/h4-6,9,22H,8H2,1-3H3,(H,20,21)/t14-/m0/s1. The molecule has 0 spiro atoms. The van der Waals surface area contributed by atoms with Crippen LogP contribution in [-0.4, -0.2) is 36.0 Å². The van der Waals surface area contributed by atoms with E-state index >= 15 is 0 Å². The summed E-state index contributed by atoms with van der Waals surface area (Å²) >= 11 is 0. The summed E-state index contributed by atoms with van der Waals surface area (Å²) in [7, 11) is -3.77. The number of hydrogen-bond donors (Lipinski definition) is 2. The van der Waals surface area contributed by atoms with Crippen molar-refractivity contribution in [3.63, 3.8) is 0 Å². The molecule has 1 atom stereocenters. The molecule has 1 aromatic rings. The summed E-state index contributed by atoms with van der Waals surface area (Å²) in [4.78, 5) is 12.1. The third kappa shape index (κ3) is 5.17. The van der Waals surface area contributed by atoms with Crippen LogP contribution in [0.25, 0.3) is 0 Å². The summed E-state index contributed by atoms with van der Waals surface area (Å²) in [6.07, 6.45) is -4.81. The quantitative estimate of drug-likeness (QED) is 0.816. The second-order valence-electron chi connectivity index (χ2n) is 5.95. The first kappa shape index (κ1) is 20.9. The van der Waals surface area contributed by atoms with Crippen molar-refractivity contribution in [3.05, 3.63) is 29.3 Å². The lowest BCUT2D eigenvalue weighted by atomic mass is 10.1. The summed E-state index contributed by atoms with van der Waals surface area (Å²) in [6, 6.07) is 3.87. The Kier molecular flexibility index (Phi) is 5.87. The number of aliphatic hydroxyl groups is 1. The zero-order chi connectivity index (χ0) is 19.6. The van der Waals surface area contributed by atoms with Crippen molar-refractivity contribution in [1.82, 2.24) is 0 Å². The Morgan fingerprint density at radius 2 is 1.92 bits per heavy atom. The molecule has 0 aromatic heterocycles. The van der Waals surface area contributed by atoms with Crippen molar-refractivity contribution in [3.8, 4) is 6.07 Å². The monoisotopic (exact) mass is 378 g/mol. The molecule has 10 heteroatoms. The van der Waals surface area contributed by atoms with Crippen molar-refractivity contribution >= 4 is 21.4 Å². The van der Waals surface area contributed by atoms with Gasteiger partial charge in [0.05, 0.1) is 28.2 Å². The van der Waals surface area contributed by atoms with Gasteiger partial charge in [-0.2, -0.15) is 18.4 Å². The highest BCUT2D eigenvalue weighted by Gasteiger charge is 2.38. The van der Waals surface area contributed by atoms with Gasteiger partial charge in [-0.05, 0) is 39.0 Å². The molecule has 1 aromatic carbocycles. The molecule has 0 bridgehead atoms. The summed E-state index contributed by atoms with van der Waals surface area (Å²) in [5, 5.41) is 20.0. The third-order valence-corrected chi connectivity index (χ3v) is 5.79. The number of amides is 1. The van der Waals surface area contributed by atoms with Crippen LogP contribution in [0.4, 0.5) is 18.9 Å². The van der Waals surface area contributed by atoms with E-state index in [4.69, 9.17) is 5.26 Å². The first-order valence-electron chi connectivity index (χ1n) is 7.07. The zero-order valence-corrected chi connectivity index (χ0v) is 14.5. The fourth-order valence-electron chi connectivity index (χ4n) is 1.84. The number of alkyl halides is 3. The summed E-state index contributed by atoms with van der Waals surface area (Å²) in [5.74, 6) is -2.05. The Morgan fingerprint density at radius 1 is 1.36 bits per heavy atom. The van der Waals surface area contributed by atoms with Crippen LogP contribution in [0.15, 0.2) is 18.2 Å². The number of anilines is 1. The predicted molar refractivity (Wildman–Crippen MR) is 84.3 cm³/mol. The van der Waals surface area contributed by atoms with Crippen LogP contribution < -0.4 is 5.32 Å². The van der Waals surface area contributed by atoms with Gasteiger partial charge in [0, 0.05) is 5.69 Å². The fourth-order valence-corrected chi connectivity index (χ4v) is 3.09. The van der Waals surface area contributed by atoms with E-state index in [2.05, 4.69) is 0 Å². The highest BCUT2D eigenvalue weighted by molar-refractivity contribution is 7.92. The molecule has 25 heavy (non-hydrogen) atoms. The number of benzene rings is 1. The molecule has 0 saturated carbocycles. The number of sulfone groups is 1. The Balaban J connectivity index is 3.10. The van der Waals surface area contributed by atoms with Gasteiger partial charge in [0.1, 0.15) is 0 Å². The molecule has 138 valence electrons. The van der Waals surface area contributed by atoms with Gasteiger partial charge in [0.2, 0.25) is 0 Å². The SMILES string of the molecule is CC(C)S(=O)(=O)C[C@](C)(O)C(=O)Nc1ccc(C#N)c(C(F)(F)F)c1. The lowest BCUT2D eigenvalue weighted by molar-refractivity contribution is -0.137. The molecule has 0 aliphatic carbocycles. The van der Waals surface area contributed by atoms with E-state index in [-0.39, 0.29) is 5.69 Å². The molecule has 1 rings (SSSR count). The highest BCUT2D eigenvalue weighted by atomic mass is 32.2. The molecule has 0 aliphatic heterocycles. The van der Waals surface area contributed by atoms with Gasteiger partial charge in [-0.25, -0.2) is 8.42 Å². The molecule has 0 saturated heterocycles. The lowest BCUT2D eigenvalue weighted by Crippen LogP contribution is -2.47. The Hall–Kier alpha value is -2.12. The van der Waals surface area contributed by atoms with Crippen molar-refractivity contribution in [1.29, 1.82) is 5.26 Å². The summed E-state index contributed by atoms with van der Waals surface area (Å²) in [5.41, 5.74) is -4.53. The van der Waals surface area contributed by atoms with Gasteiger partial charge in [-0.1, -0.05) is 0 Å². The number of halogens is 3. The molecule has 0 heterocycles. The summed E-state index contributed by atoms with van der Waals surface area (Å²) < 4.78 is 62.4. The fraction of sp³-hybridized carbons (Fsp3) is 0.467. The molecule has 0 radical (unpaired) electrons. The number of carbonyl (C=O) groups excluding carboxylic acids is 1. The normalized spacial score (nSPS) is 14.7. The number of carbonyl (C=O) groups is 1. The van der Waals surface area contributed by atoms with E-state index in [0.29, 0.717) is 6.07 Å². The molecule has 0 fully saturated rings. The molecule has 1 amide bonds. The van der Waals surface area contributed by atoms with Gasteiger partial charge >= 0.3 is 6.18 Å². The average molecular weight is 378 g/mol. The van der Waals surface area contributed by atoms with Crippen molar-refractivity contribution in [2.75, 3.05) is 11.1 Å². The van der Waals surface area contributed by atoms with Gasteiger partial charge in [0.25, 0.3) is 5.91 Å². The first-order valence-corrected chi connectivity index (χ1v) is 8.79. The van der Waals surface area contributed by atoms with Crippen molar-refractivity contribution < 1.29 is 31.5 Å². The maximum atomic E-state index is 12.9. The predicted octanol–water partition coefficient (Wildman–Crippen LogP) is 2.09. The number of rotatable bonds is 5. The van der Waals surface area contributed by atoms with Crippen molar-refractivity contribution in [2.24, 2.45) is 0 Å². The van der Waals surface area contributed by atoms with Crippen LogP contribution in [-0.2, 0) is 20.8 Å². The van der Waals surface area contributed by atoms with Gasteiger partial charge in [-0.15, -0.1) is 0 Å². The molecule has 0 unspecified atom stereocenters. The van der Waals surface area contributed by atoms with E-state index in [9.17, 15) is 31.5 Å². The smallest absolute Gasteiger partial charge is 0.379 e. The maximum absolute atomic E-state index is 12.9. The molecular formula is C15H17F3N2O4S. The van der Waals surface area contributed by atoms with Gasteiger partial charge in [-0.3, -0.25) is 4.79 Å². The summed E-state index contributed by atoms with van der Waals surface area (Å²) in [6.45, 7) is 3.70. The Morgan fingerprint density at radius 3 is 2.36 bits per heavy atom. The number of nitrogens with one attached hydrogen (secondary N) is 1. The van der Waals surface area contributed by atoms with E-state index < -0.39 is 49.7 Å². The lowest BCUT2D eigenvalue weighted by Gasteiger charge is -2.23. The van der Waals surface area contributed by atoms with E-state index in [1.807, 2.05) is 5.32 Å². The van der Waals surface area contributed by atoms with Crippen molar-refractivity contribution in [2.45, 2.75) is 37.8 Å². The Labute approximate surface area is 143 Å². The largest absolute Gasteiger partial charge is 0.417 e. The van der Waals surface area contributed by atoms with Crippen LogP contribution in [0.5, 0.6) is 0 Å². The van der Waals surface area contributed by atoms with E-state index in [1.165, 1.54) is 19.9 Å². The van der Waals surface area contributed by atoms with Crippen LogP contribution in [0.1, 0.15) is 31.9 Å². The van der Waals surface area contributed by atoms with E-state index in [1.54, 1.807) is 0 Å². The molecule has 6 nitrogen and oxygen atoms in total. The maximum Gasteiger partial charge on any atom is 0.417 e. The van der Waals surface area contributed by atoms with Gasteiger partial charge in [0.15, 0.2) is 15.4 Å². The van der Waals surface area contributed by atoms with E-state index in [0.717, 1.165) is 19.1 Å². The second kappa shape index (κ2) is 7.01. The number of hydrogen-bond acceptors (Lipinski definition) is 5. The second-order valence-corrected chi connectivity index (χ2v) is 8.51. The van der Waals surface area contributed by atoms with Crippen LogP contribution in [0.3, 0.4) is 0 Å². The van der Waals surface area contributed by atoms with Crippen LogP contribution in [0, 0.1) is 11.3 Å². The Bertz CT molecular complexity index is 809. The van der Waals surface area contributed by atoms with Gasteiger partial charge < -0.3 is 10.4 Å².